The maximum atomic E-state index is 12.1. The Hall–Kier alpha value is -1.13. The van der Waals surface area contributed by atoms with Crippen LogP contribution in [0.25, 0.3) is 6.08 Å². The lowest BCUT2D eigenvalue weighted by Gasteiger charge is -2.23. The predicted molar refractivity (Wildman–Crippen MR) is 74.4 cm³/mol. The molecule has 1 aliphatic heterocycles. The third kappa shape index (κ3) is 3.43. The SMILES string of the molecule is O=C(C=Cc1cccs1)N1CCCC1CCCO. The van der Waals surface area contributed by atoms with Gasteiger partial charge < -0.3 is 10.0 Å². The lowest BCUT2D eigenvalue weighted by molar-refractivity contribution is -0.126. The number of aliphatic hydroxyl groups excluding tert-OH is 1. The second-order valence-corrected chi connectivity index (χ2v) is 5.52. The van der Waals surface area contributed by atoms with E-state index in [0.29, 0.717) is 6.04 Å². The minimum Gasteiger partial charge on any atom is -0.396 e. The van der Waals surface area contributed by atoms with Crippen molar-refractivity contribution in [1.82, 2.24) is 4.90 Å². The first-order chi connectivity index (χ1) is 8.81. The van der Waals surface area contributed by atoms with E-state index in [1.807, 2.05) is 28.5 Å². The molecule has 1 amide bonds. The van der Waals surface area contributed by atoms with Crippen molar-refractivity contribution < 1.29 is 9.90 Å². The monoisotopic (exact) mass is 265 g/mol. The molecule has 18 heavy (non-hydrogen) atoms. The zero-order chi connectivity index (χ0) is 12.8. The van der Waals surface area contributed by atoms with E-state index >= 15 is 0 Å². The first-order valence-corrected chi connectivity index (χ1v) is 7.32. The number of aliphatic hydroxyl groups is 1. The zero-order valence-corrected chi connectivity index (χ0v) is 11.2. The van der Waals surface area contributed by atoms with Gasteiger partial charge in [0.05, 0.1) is 0 Å². The summed E-state index contributed by atoms with van der Waals surface area (Å²) in [6.45, 7) is 1.06. The number of carbonyl (C=O) groups is 1. The standard InChI is InChI=1S/C14H19NO2S/c16-10-2-5-12-4-1-9-15(12)14(17)8-7-13-6-3-11-18-13/h3,6-8,11-12,16H,1-2,4-5,9-10H2. The molecule has 1 aliphatic rings. The first-order valence-electron chi connectivity index (χ1n) is 6.44. The molecule has 0 saturated carbocycles. The number of rotatable bonds is 5. The number of hydrogen-bond acceptors (Lipinski definition) is 3. The summed E-state index contributed by atoms with van der Waals surface area (Å²) < 4.78 is 0. The van der Waals surface area contributed by atoms with E-state index in [2.05, 4.69) is 0 Å². The van der Waals surface area contributed by atoms with Crippen LogP contribution >= 0.6 is 11.3 Å². The van der Waals surface area contributed by atoms with Crippen molar-refractivity contribution in [2.75, 3.05) is 13.2 Å². The molecule has 0 radical (unpaired) electrons. The van der Waals surface area contributed by atoms with E-state index < -0.39 is 0 Å². The number of nitrogens with zero attached hydrogens (tertiary/aromatic N) is 1. The molecule has 1 atom stereocenters. The number of hydrogen-bond donors (Lipinski definition) is 1. The Morgan fingerprint density at radius 3 is 3.22 bits per heavy atom. The van der Waals surface area contributed by atoms with Crippen molar-refractivity contribution in [1.29, 1.82) is 0 Å². The fraction of sp³-hybridized carbons (Fsp3) is 0.500. The summed E-state index contributed by atoms with van der Waals surface area (Å²) in [5, 5.41) is 10.9. The second-order valence-electron chi connectivity index (χ2n) is 4.54. The normalized spacial score (nSPS) is 19.8. The Kier molecular flexibility index (Phi) is 4.96. The fourth-order valence-electron chi connectivity index (χ4n) is 2.39. The van der Waals surface area contributed by atoms with Gasteiger partial charge in [-0.25, -0.2) is 0 Å². The van der Waals surface area contributed by atoms with Gasteiger partial charge >= 0.3 is 0 Å². The van der Waals surface area contributed by atoms with Crippen molar-refractivity contribution in [3.05, 3.63) is 28.5 Å². The lowest BCUT2D eigenvalue weighted by atomic mass is 10.1. The van der Waals surface area contributed by atoms with Crippen LogP contribution in [0.2, 0.25) is 0 Å². The average molecular weight is 265 g/mol. The average Bonchev–Trinajstić information content (AvgIpc) is 3.04. The largest absolute Gasteiger partial charge is 0.396 e. The smallest absolute Gasteiger partial charge is 0.246 e. The van der Waals surface area contributed by atoms with Crippen molar-refractivity contribution in [3.8, 4) is 0 Å². The van der Waals surface area contributed by atoms with Gasteiger partial charge in [0, 0.05) is 30.1 Å². The highest BCUT2D eigenvalue weighted by atomic mass is 32.1. The summed E-state index contributed by atoms with van der Waals surface area (Å²) >= 11 is 1.63. The van der Waals surface area contributed by atoms with E-state index in [1.54, 1.807) is 17.4 Å². The summed E-state index contributed by atoms with van der Waals surface area (Å²) in [5.74, 6) is 0.101. The summed E-state index contributed by atoms with van der Waals surface area (Å²) in [6, 6.07) is 4.30. The molecule has 0 aromatic carbocycles. The molecular weight excluding hydrogens is 246 g/mol. The predicted octanol–water partition coefficient (Wildman–Crippen LogP) is 2.52. The van der Waals surface area contributed by atoms with Gasteiger partial charge in [0.2, 0.25) is 5.91 Å². The van der Waals surface area contributed by atoms with Crippen LogP contribution in [0.15, 0.2) is 23.6 Å². The van der Waals surface area contributed by atoms with Gasteiger partial charge in [-0.15, -0.1) is 11.3 Å². The molecule has 0 bridgehead atoms. The molecule has 0 spiro atoms. The van der Waals surface area contributed by atoms with E-state index in [4.69, 9.17) is 5.11 Å². The van der Waals surface area contributed by atoms with Gasteiger partial charge in [-0.1, -0.05) is 6.07 Å². The van der Waals surface area contributed by atoms with Gasteiger partial charge in [-0.05, 0) is 43.2 Å². The van der Waals surface area contributed by atoms with Gasteiger partial charge in [0.1, 0.15) is 0 Å². The maximum absolute atomic E-state index is 12.1. The minimum atomic E-state index is 0.101. The first kappa shape index (κ1) is 13.3. The van der Waals surface area contributed by atoms with Crippen molar-refractivity contribution in [2.45, 2.75) is 31.7 Å². The Bertz CT molecular complexity index is 400. The van der Waals surface area contributed by atoms with Crippen molar-refractivity contribution >= 4 is 23.3 Å². The van der Waals surface area contributed by atoms with Crippen LogP contribution in [0.5, 0.6) is 0 Å². The molecule has 1 unspecified atom stereocenters. The Morgan fingerprint density at radius 1 is 1.61 bits per heavy atom. The summed E-state index contributed by atoms with van der Waals surface area (Å²) in [4.78, 5) is 15.1. The van der Waals surface area contributed by atoms with E-state index in [-0.39, 0.29) is 12.5 Å². The number of thiophene rings is 1. The third-order valence-electron chi connectivity index (χ3n) is 3.29. The molecule has 4 heteroatoms. The summed E-state index contributed by atoms with van der Waals surface area (Å²) in [7, 11) is 0. The Morgan fingerprint density at radius 2 is 2.50 bits per heavy atom. The highest BCUT2D eigenvalue weighted by molar-refractivity contribution is 7.10. The Balaban J connectivity index is 1.91. The highest BCUT2D eigenvalue weighted by Crippen LogP contribution is 2.22. The number of amides is 1. The Labute approximate surface area is 112 Å². The maximum Gasteiger partial charge on any atom is 0.246 e. The van der Waals surface area contributed by atoms with Crippen molar-refractivity contribution in [2.24, 2.45) is 0 Å². The quantitative estimate of drug-likeness (QED) is 0.831. The summed E-state index contributed by atoms with van der Waals surface area (Å²) in [6.07, 6.45) is 7.39. The van der Waals surface area contributed by atoms with E-state index in [1.165, 1.54) is 0 Å². The van der Waals surface area contributed by atoms with Crippen LogP contribution in [-0.2, 0) is 4.79 Å². The van der Waals surface area contributed by atoms with Crippen LogP contribution < -0.4 is 0 Å². The highest BCUT2D eigenvalue weighted by Gasteiger charge is 2.26. The molecule has 1 aromatic rings. The van der Waals surface area contributed by atoms with Crippen LogP contribution in [0.1, 0.15) is 30.6 Å². The molecule has 3 nitrogen and oxygen atoms in total. The molecule has 0 aliphatic carbocycles. The molecular formula is C14H19NO2S. The van der Waals surface area contributed by atoms with Gasteiger partial charge in [0.15, 0.2) is 0 Å². The molecule has 1 N–H and O–H groups in total. The molecule has 1 saturated heterocycles. The summed E-state index contributed by atoms with van der Waals surface area (Å²) in [5.41, 5.74) is 0. The molecule has 1 fully saturated rings. The zero-order valence-electron chi connectivity index (χ0n) is 10.4. The number of likely N-dealkylation sites (tertiary alicyclic amines) is 1. The molecule has 2 heterocycles. The molecule has 98 valence electrons. The molecule has 2 rings (SSSR count). The minimum absolute atomic E-state index is 0.101. The topological polar surface area (TPSA) is 40.5 Å². The van der Waals surface area contributed by atoms with Gasteiger partial charge in [0.25, 0.3) is 0 Å². The van der Waals surface area contributed by atoms with E-state index in [9.17, 15) is 4.79 Å². The number of carbonyl (C=O) groups excluding carboxylic acids is 1. The van der Waals surface area contributed by atoms with Gasteiger partial charge in [-0.3, -0.25) is 4.79 Å². The fourth-order valence-corrected chi connectivity index (χ4v) is 3.01. The van der Waals surface area contributed by atoms with Crippen LogP contribution in [0.4, 0.5) is 0 Å². The van der Waals surface area contributed by atoms with Crippen molar-refractivity contribution in [3.63, 3.8) is 0 Å². The van der Waals surface area contributed by atoms with Crippen LogP contribution in [0.3, 0.4) is 0 Å². The van der Waals surface area contributed by atoms with E-state index in [0.717, 1.165) is 37.1 Å². The van der Waals surface area contributed by atoms with Crippen LogP contribution in [-0.4, -0.2) is 35.1 Å². The van der Waals surface area contributed by atoms with Crippen LogP contribution in [0, 0.1) is 0 Å². The van der Waals surface area contributed by atoms with Gasteiger partial charge in [-0.2, -0.15) is 0 Å². The third-order valence-corrected chi connectivity index (χ3v) is 4.13. The second kappa shape index (κ2) is 6.71. The lowest BCUT2D eigenvalue weighted by Crippen LogP contribution is -2.34. The molecule has 1 aromatic heterocycles.